The standard InChI is InChI=1S/C7H10BrF/c1-3-6(8)5-7(9)4-2/h4-5H,3H2,1-2H3/b6-5+,7-4+. The van der Waals surface area contributed by atoms with Crippen molar-refractivity contribution in [1.82, 2.24) is 0 Å². The summed E-state index contributed by atoms with van der Waals surface area (Å²) < 4.78 is 13.2. The van der Waals surface area contributed by atoms with Crippen molar-refractivity contribution < 1.29 is 4.39 Å². The predicted octanol–water partition coefficient (Wildman–Crippen LogP) is 3.55. The summed E-state index contributed by atoms with van der Waals surface area (Å²) in [7, 11) is 0. The highest BCUT2D eigenvalue weighted by Crippen LogP contribution is 2.12. The second-order valence-electron chi connectivity index (χ2n) is 1.62. The number of rotatable bonds is 2. The van der Waals surface area contributed by atoms with E-state index in [2.05, 4.69) is 15.9 Å². The van der Waals surface area contributed by atoms with E-state index in [0.29, 0.717) is 0 Å². The molecule has 0 nitrogen and oxygen atoms in total. The fraction of sp³-hybridized carbons (Fsp3) is 0.429. The van der Waals surface area contributed by atoms with Gasteiger partial charge in [0.15, 0.2) is 0 Å². The summed E-state index contributed by atoms with van der Waals surface area (Å²) in [5, 5.41) is 0. The van der Waals surface area contributed by atoms with Gasteiger partial charge in [-0.05, 0) is 23.9 Å². The molecule has 0 unspecified atom stereocenters. The summed E-state index contributed by atoms with van der Waals surface area (Å²) in [4.78, 5) is 0. The van der Waals surface area contributed by atoms with Gasteiger partial charge in [0.25, 0.3) is 0 Å². The molecule has 0 aliphatic carbocycles. The summed E-state index contributed by atoms with van der Waals surface area (Å²) >= 11 is 3.20. The number of allylic oxidation sites excluding steroid dienone is 4. The van der Waals surface area contributed by atoms with E-state index in [1.54, 1.807) is 6.92 Å². The van der Waals surface area contributed by atoms with Gasteiger partial charge in [-0.1, -0.05) is 28.9 Å². The first kappa shape index (κ1) is 8.89. The van der Waals surface area contributed by atoms with E-state index in [1.807, 2.05) is 6.92 Å². The Hall–Kier alpha value is -0.110. The molecule has 0 amide bonds. The molecule has 0 aliphatic heterocycles. The first-order valence-corrected chi connectivity index (χ1v) is 3.67. The Labute approximate surface area is 63.6 Å². The van der Waals surface area contributed by atoms with Crippen molar-refractivity contribution in [2.24, 2.45) is 0 Å². The maximum atomic E-state index is 12.3. The first-order valence-electron chi connectivity index (χ1n) is 2.88. The molecule has 0 N–H and O–H groups in total. The highest BCUT2D eigenvalue weighted by atomic mass is 79.9. The molecule has 0 aromatic carbocycles. The average molecular weight is 193 g/mol. The third-order valence-electron chi connectivity index (χ3n) is 0.908. The average Bonchev–Trinajstić information content (AvgIpc) is 1.87. The summed E-state index contributed by atoms with van der Waals surface area (Å²) in [6.07, 6.45) is 3.73. The van der Waals surface area contributed by atoms with Gasteiger partial charge in [-0.3, -0.25) is 0 Å². The predicted molar refractivity (Wildman–Crippen MR) is 42.2 cm³/mol. The molecule has 52 valence electrons. The van der Waals surface area contributed by atoms with Gasteiger partial charge < -0.3 is 0 Å². The van der Waals surface area contributed by atoms with Crippen LogP contribution in [-0.4, -0.2) is 0 Å². The zero-order chi connectivity index (χ0) is 7.28. The molecule has 0 spiro atoms. The van der Waals surface area contributed by atoms with Crippen molar-refractivity contribution in [3.05, 3.63) is 22.5 Å². The molecular weight excluding hydrogens is 183 g/mol. The first-order chi connectivity index (χ1) is 4.20. The maximum absolute atomic E-state index is 12.3. The largest absolute Gasteiger partial charge is 0.207 e. The SMILES string of the molecule is C/C=C(F)\C=C(\Br)CC. The topological polar surface area (TPSA) is 0 Å². The van der Waals surface area contributed by atoms with Crippen molar-refractivity contribution >= 4 is 15.9 Å². The minimum absolute atomic E-state index is 0.191. The fourth-order valence-electron chi connectivity index (χ4n) is 0.335. The van der Waals surface area contributed by atoms with Crippen LogP contribution < -0.4 is 0 Å². The van der Waals surface area contributed by atoms with Crippen molar-refractivity contribution in [2.45, 2.75) is 20.3 Å². The summed E-state index contributed by atoms with van der Waals surface area (Å²) in [6.45, 7) is 3.63. The molecule has 0 atom stereocenters. The molecular formula is C7H10BrF. The van der Waals surface area contributed by atoms with Crippen LogP contribution in [0.25, 0.3) is 0 Å². The van der Waals surface area contributed by atoms with Crippen LogP contribution in [0.3, 0.4) is 0 Å². The van der Waals surface area contributed by atoms with Crippen LogP contribution in [0.15, 0.2) is 22.5 Å². The second-order valence-corrected chi connectivity index (χ2v) is 2.64. The van der Waals surface area contributed by atoms with Crippen molar-refractivity contribution in [3.63, 3.8) is 0 Å². The molecule has 0 rings (SSSR count). The Morgan fingerprint density at radius 2 is 2.22 bits per heavy atom. The Morgan fingerprint density at radius 1 is 1.67 bits per heavy atom. The van der Waals surface area contributed by atoms with Crippen molar-refractivity contribution in [2.75, 3.05) is 0 Å². The van der Waals surface area contributed by atoms with Gasteiger partial charge in [-0.2, -0.15) is 0 Å². The van der Waals surface area contributed by atoms with E-state index in [9.17, 15) is 4.39 Å². The van der Waals surface area contributed by atoms with Crippen LogP contribution in [0, 0.1) is 0 Å². The molecule has 2 heteroatoms. The Morgan fingerprint density at radius 3 is 2.56 bits per heavy atom. The maximum Gasteiger partial charge on any atom is 0.119 e. The second kappa shape index (κ2) is 4.74. The van der Waals surface area contributed by atoms with Gasteiger partial charge in [-0.15, -0.1) is 0 Å². The van der Waals surface area contributed by atoms with E-state index >= 15 is 0 Å². The van der Waals surface area contributed by atoms with E-state index in [1.165, 1.54) is 12.2 Å². The molecule has 0 saturated carbocycles. The van der Waals surface area contributed by atoms with Crippen LogP contribution in [0.1, 0.15) is 20.3 Å². The zero-order valence-corrected chi connectivity index (χ0v) is 7.20. The molecule has 0 heterocycles. The lowest BCUT2D eigenvalue weighted by molar-refractivity contribution is 0.664. The van der Waals surface area contributed by atoms with E-state index in [0.717, 1.165) is 10.9 Å². The molecule has 0 saturated heterocycles. The summed E-state index contributed by atoms with van der Waals surface area (Å²) in [6, 6.07) is 0. The molecule has 0 aromatic rings. The molecule has 0 bridgehead atoms. The Bertz CT molecular complexity index is 136. The van der Waals surface area contributed by atoms with E-state index in [-0.39, 0.29) is 5.83 Å². The quantitative estimate of drug-likeness (QED) is 0.588. The molecule has 0 aromatic heterocycles. The smallest absolute Gasteiger partial charge is 0.119 e. The van der Waals surface area contributed by atoms with Crippen LogP contribution >= 0.6 is 15.9 Å². The normalized spacial score (nSPS) is 14.2. The van der Waals surface area contributed by atoms with Crippen LogP contribution in [0.5, 0.6) is 0 Å². The van der Waals surface area contributed by atoms with Gasteiger partial charge in [0, 0.05) is 0 Å². The number of hydrogen-bond acceptors (Lipinski definition) is 0. The zero-order valence-electron chi connectivity index (χ0n) is 5.62. The third kappa shape index (κ3) is 4.40. The number of halogens is 2. The lowest BCUT2D eigenvalue weighted by Gasteiger charge is -1.88. The summed E-state index contributed by atoms with van der Waals surface area (Å²) in [5.74, 6) is -0.191. The third-order valence-corrected chi connectivity index (χ3v) is 1.70. The van der Waals surface area contributed by atoms with Gasteiger partial charge >= 0.3 is 0 Å². The summed E-state index contributed by atoms with van der Waals surface area (Å²) in [5.41, 5.74) is 0. The molecule has 0 fully saturated rings. The lowest BCUT2D eigenvalue weighted by atomic mass is 10.4. The van der Waals surface area contributed by atoms with Crippen LogP contribution in [0.2, 0.25) is 0 Å². The van der Waals surface area contributed by atoms with E-state index in [4.69, 9.17) is 0 Å². The highest BCUT2D eigenvalue weighted by molar-refractivity contribution is 9.11. The van der Waals surface area contributed by atoms with Gasteiger partial charge in [-0.25, -0.2) is 4.39 Å². The van der Waals surface area contributed by atoms with Gasteiger partial charge in [0.2, 0.25) is 0 Å². The van der Waals surface area contributed by atoms with E-state index < -0.39 is 0 Å². The minimum Gasteiger partial charge on any atom is -0.207 e. The lowest BCUT2D eigenvalue weighted by Crippen LogP contribution is -1.67. The Kier molecular flexibility index (Phi) is 4.68. The molecule has 0 aliphatic rings. The van der Waals surface area contributed by atoms with Crippen LogP contribution in [0.4, 0.5) is 4.39 Å². The van der Waals surface area contributed by atoms with Gasteiger partial charge in [0.05, 0.1) is 0 Å². The van der Waals surface area contributed by atoms with Crippen molar-refractivity contribution in [3.8, 4) is 0 Å². The minimum atomic E-state index is -0.191. The fourth-order valence-corrected chi connectivity index (χ4v) is 0.554. The molecule has 9 heavy (non-hydrogen) atoms. The Balaban J connectivity index is 3.95. The highest BCUT2D eigenvalue weighted by Gasteiger charge is 1.88. The molecule has 0 radical (unpaired) electrons. The monoisotopic (exact) mass is 192 g/mol. The number of hydrogen-bond donors (Lipinski definition) is 0. The van der Waals surface area contributed by atoms with Gasteiger partial charge in [0.1, 0.15) is 5.83 Å². The van der Waals surface area contributed by atoms with Crippen LogP contribution in [-0.2, 0) is 0 Å². The van der Waals surface area contributed by atoms with Crippen molar-refractivity contribution in [1.29, 1.82) is 0 Å².